The van der Waals surface area contributed by atoms with Gasteiger partial charge in [0.25, 0.3) is 0 Å². The Kier molecular flexibility index (Phi) is 10.1. The van der Waals surface area contributed by atoms with Gasteiger partial charge in [0.2, 0.25) is 0 Å². The number of hydrogen-bond donors (Lipinski definition) is 4. The fourth-order valence-electron chi connectivity index (χ4n) is 4.67. The molecule has 2 heterocycles. The highest BCUT2D eigenvalue weighted by atomic mass is 16.5. The van der Waals surface area contributed by atoms with E-state index in [2.05, 4.69) is 33.5 Å². The van der Waals surface area contributed by atoms with Gasteiger partial charge in [0.15, 0.2) is 0 Å². The molecule has 4 N–H and O–H groups in total. The summed E-state index contributed by atoms with van der Waals surface area (Å²) in [5.41, 5.74) is 6.49. The second-order valence-electron chi connectivity index (χ2n) is 8.82. The van der Waals surface area contributed by atoms with Crippen molar-refractivity contribution in [3.05, 3.63) is 53.8 Å². The topological polar surface area (TPSA) is 119 Å². The van der Waals surface area contributed by atoms with Gasteiger partial charge in [0.1, 0.15) is 12.4 Å². The van der Waals surface area contributed by atoms with E-state index in [1.807, 2.05) is 36.3 Å². The number of nitrogens with zero attached hydrogens (tertiary/aromatic N) is 2. The number of esters is 1. The van der Waals surface area contributed by atoms with Gasteiger partial charge in [0, 0.05) is 50.5 Å². The van der Waals surface area contributed by atoms with Gasteiger partial charge >= 0.3 is 12.1 Å². The van der Waals surface area contributed by atoms with Crippen LogP contribution in [0.25, 0.3) is 0 Å². The van der Waals surface area contributed by atoms with Gasteiger partial charge in [-0.2, -0.15) is 0 Å². The van der Waals surface area contributed by atoms with Crippen LogP contribution in [0.2, 0.25) is 0 Å². The molecular weight excluding hydrogens is 472 g/mol. The number of amidine groups is 1. The van der Waals surface area contributed by atoms with Crippen LogP contribution in [0.5, 0.6) is 0 Å². The predicted octanol–water partition coefficient (Wildman–Crippen LogP) is 2.32. The number of likely N-dealkylation sites (tertiary alicyclic amines) is 1. The smallest absolute Gasteiger partial charge is 0.407 e. The van der Waals surface area contributed by atoms with E-state index in [0.717, 1.165) is 35.5 Å². The first kappa shape index (κ1) is 27.8. The maximum absolute atomic E-state index is 12.8. The summed E-state index contributed by atoms with van der Waals surface area (Å²) in [6, 6.07) is 7.00. The number of piperidine rings is 1. The highest BCUT2D eigenvalue weighted by Gasteiger charge is 2.37. The predicted molar refractivity (Wildman–Crippen MR) is 143 cm³/mol. The molecule has 2 atom stereocenters. The minimum Gasteiger partial charge on any atom is -0.466 e. The van der Waals surface area contributed by atoms with E-state index in [-0.39, 0.29) is 31.1 Å². The molecule has 0 saturated carbocycles. The largest absolute Gasteiger partial charge is 0.466 e. The first-order valence-electron chi connectivity index (χ1n) is 12.4. The minimum absolute atomic E-state index is 0.0979. The van der Waals surface area contributed by atoms with E-state index in [1.54, 1.807) is 6.92 Å². The Labute approximate surface area is 218 Å². The van der Waals surface area contributed by atoms with Crippen LogP contribution in [0.4, 0.5) is 10.5 Å². The molecule has 0 radical (unpaired) electrons. The summed E-state index contributed by atoms with van der Waals surface area (Å²) in [5, 5.41) is 16.7. The second kappa shape index (κ2) is 13.5. The van der Waals surface area contributed by atoms with Crippen LogP contribution < -0.4 is 16.1 Å². The van der Waals surface area contributed by atoms with E-state index in [4.69, 9.17) is 21.3 Å². The maximum Gasteiger partial charge on any atom is 0.407 e. The average Bonchev–Trinajstić information content (AvgIpc) is 3.31. The van der Waals surface area contributed by atoms with Gasteiger partial charge in [-0.1, -0.05) is 24.6 Å². The molecule has 2 unspecified atom stereocenters. The van der Waals surface area contributed by atoms with Crippen LogP contribution in [0.3, 0.4) is 0 Å². The van der Waals surface area contributed by atoms with Gasteiger partial charge in [-0.05, 0) is 43.5 Å². The highest BCUT2D eigenvalue weighted by Crippen LogP contribution is 2.27. The number of nitrogens with one attached hydrogen (secondary N) is 4. The SMILES string of the molecule is C#Cc1cccc(NC(=N)C2=C(CN3CCC(NC(=O)OCC=C)C(C(=O)OCC)C3)CCN2NC)c1. The lowest BCUT2D eigenvalue weighted by molar-refractivity contribution is -0.150. The molecule has 0 aliphatic carbocycles. The molecule has 1 amide bonds. The Morgan fingerprint density at radius 2 is 2.14 bits per heavy atom. The number of rotatable bonds is 10. The van der Waals surface area contributed by atoms with Gasteiger partial charge in [-0.25, -0.2) is 10.2 Å². The maximum atomic E-state index is 12.8. The van der Waals surface area contributed by atoms with Crippen LogP contribution in [0.15, 0.2) is 48.2 Å². The fraction of sp³-hybridized carbons (Fsp3) is 0.444. The van der Waals surface area contributed by atoms with Crippen molar-refractivity contribution in [1.29, 1.82) is 5.41 Å². The fourth-order valence-corrected chi connectivity index (χ4v) is 4.67. The second-order valence-corrected chi connectivity index (χ2v) is 8.82. The van der Waals surface area contributed by atoms with Crippen LogP contribution >= 0.6 is 0 Å². The summed E-state index contributed by atoms with van der Waals surface area (Å²) in [7, 11) is 1.83. The van der Waals surface area contributed by atoms with Gasteiger partial charge in [0.05, 0.1) is 18.2 Å². The van der Waals surface area contributed by atoms with E-state index in [0.29, 0.717) is 26.1 Å². The number of alkyl carbamates (subject to hydrolysis) is 1. The molecular formula is C27H36N6O4. The number of ether oxygens (including phenoxy) is 2. The molecule has 1 fully saturated rings. The number of amides is 1. The Morgan fingerprint density at radius 1 is 1.32 bits per heavy atom. The lowest BCUT2D eigenvalue weighted by atomic mass is 9.91. The van der Waals surface area contributed by atoms with E-state index in [1.165, 1.54) is 6.08 Å². The quantitative estimate of drug-likeness (QED) is 0.125. The van der Waals surface area contributed by atoms with Crippen LogP contribution in [-0.4, -0.2) is 80.3 Å². The van der Waals surface area contributed by atoms with E-state index < -0.39 is 12.0 Å². The molecule has 37 heavy (non-hydrogen) atoms. The summed E-state index contributed by atoms with van der Waals surface area (Å²) >= 11 is 0. The van der Waals surface area contributed by atoms with Crippen LogP contribution in [-0.2, 0) is 14.3 Å². The Bertz CT molecular complexity index is 1080. The van der Waals surface area contributed by atoms with Gasteiger partial charge in [-0.3, -0.25) is 15.1 Å². The molecule has 1 saturated heterocycles. The summed E-state index contributed by atoms with van der Waals surface area (Å²) < 4.78 is 10.4. The summed E-state index contributed by atoms with van der Waals surface area (Å²) in [5.74, 6) is 2.00. The Hall–Kier alpha value is -3.81. The molecule has 1 aromatic carbocycles. The normalized spacial score (nSPS) is 19.6. The first-order valence-corrected chi connectivity index (χ1v) is 12.4. The number of carbonyl (C=O) groups excluding carboxylic acids is 2. The molecule has 10 heteroatoms. The monoisotopic (exact) mass is 508 g/mol. The molecule has 10 nitrogen and oxygen atoms in total. The van der Waals surface area contributed by atoms with Crippen molar-refractivity contribution in [2.45, 2.75) is 25.8 Å². The zero-order valence-corrected chi connectivity index (χ0v) is 21.5. The zero-order chi connectivity index (χ0) is 26.8. The molecule has 3 rings (SSSR count). The number of anilines is 1. The molecule has 0 spiro atoms. The van der Waals surface area contributed by atoms with Crippen molar-refractivity contribution in [2.24, 2.45) is 5.92 Å². The third-order valence-electron chi connectivity index (χ3n) is 6.38. The van der Waals surface area contributed by atoms with Gasteiger partial charge in [-0.15, -0.1) is 6.42 Å². The van der Waals surface area contributed by atoms with E-state index >= 15 is 0 Å². The standard InChI is InChI=1S/C27H36N6O4/c1-5-15-37-27(35)31-23-12-13-32(18-22(23)26(34)36-7-3)17-20-11-14-33(29-4)24(20)25(28)30-21-10-8-9-19(6-2)16-21/h2,5,8-10,16,22-23,29H,1,7,11-15,17-18H2,3-4H3,(H2,28,30)(H,31,35). The third kappa shape index (κ3) is 7.35. The van der Waals surface area contributed by atoms with Gasteiger partial charge < -0.3 is 25.1 Å². The number of benzene rings is 1. The molecule has 198 valence electrons. The van der Waals surface area contributed by atoms with E-state index in [9.17, 15) is 9.59 Å². The lowest BCUT2D eigenvalue weighted by Gasteiger charge is -2.37. The van der Waals surface area contributed by atoms with Crippen molar-refractivity contribution in [1.82, 2.24) is 20.7 Å². The molecule has 1 aromatic rings. The number of terminal acetylenes is 1. The van der Waals surface area contributed by atoms with Crippen molar-refractivity contribution < 1.29 is 19.1 Å². The number of carbonyl (C=O) groups is 2. The summed E-state index contributed by atoms with van der Waals surface area (Å²) in [6.07, 6.45) is 7.78. The minimum atomic E-state index is -0.577. The van der Waals surface area contributed by atoms with Crippen molar-refractivity contribution in [3.8, 4) is 12.3 Å². The van der Waals surface area contributed by atoms with Crippen LogP contribution in [0.1, 0.15) is 25.3 Å². The third-order valence-corrected chi connectivity index (χ3v) is 6.38. The van der Waals surface area contributed by atoms with Crippen molar-refractivity contribution in [2.75, 3.05) is 51.8 Å². The Balaban J connectivity index is 1.74. The zero-order valence-electron chi connectivity index (χ0n) is 21.5. The van der Waals surface area contributed by atoms with Crippen LogP contribution in [0, 0.1) is 23.7 Å². The molecule has 0 bridgehead atoms. The van der Waals surface area contributed by atoms with Crippen molar-refractivity contribution >= 4 is 23.6 Å². The summed E-state index contributed by atoms with van der Waals surface area (Å²) in [6.45, 7) is 8.07. The Morgan fingerprint density at radius 3 is 2.84 bits per heavy atom. The lowest BCUT2D eigenvalue weighted by Crippen LogP contribution is -2.54. The molecule has 2 aliphatic heterocycles. The first-order chi connectivity index (χ1) is 17.9. The number of hydrazine groups is 1. The summed E-state index contributed by atoms with van der Waals surface area (Å²) in [4.78, 5) is 27.1. The highest BCUT2D eigenvalue weighted by molar-refractivity contribution is 6.06. The molecule has 2 aliphatic rings. The molecule has 0 aromatic heterocycles. The van der Waals surface area contributed by atoms with Crippen molar-refractivity contribution in [3.63, 3.8) is 0 Å². The number of hydrogen-bond acceptors (Lipinski definition) is 8. The average molecular weight is 509 g/mol.